The minimum Gasteiger partial charge on any atom is -0.384 e. The standard InChI is InChI=1S/C13H24N2O2S/c1-9(8-17-5)12(14-6-7-16-4)13-15-10(2)11(3)18-13/h9,12,14H,6-8H2,1-5H3. The molecular formula is C13H24N2O2S. The lowest BCUT2D eigenvalue weighted by molar-refractivity contribution is 0.133. The Bertz CT molecular complexity index is 335. The topological polar surface area (TPSA) is 43.4 Å². The Morgan fingerprint density at radius 3 is 2.50 bits per heavy atom. The summed E-state index contributed by atoms with van der Waals surface area (Å²) in [5.74, 6) is 0.386. The molecule has 1 heterocycles. The van der Waals surface area contributed by atoms with Crippen molar-refractivity contribution < 1.29 is 9.47 Å². The van der Waals surface area contributed by atoms with Gasteiger partial charge in [0.25, 0.3) is 0 Å². The van der Waals surface area contributed by atoms with Gasteiger partial charge in [0.1, 0.15) is 5.01 Å². The van der Waals surface area contributed by atoms with E-state index in [2.05, 4.69) is 31.1 Å². The second-order valence-corrected chi connectivity index (χ2v) is 5.79. The first-order chi connectivity index (χ1) is 8.60. The van der Waals surface area contributed by atoms with Crippen LogP contribution >= 0.6 is 11.3 Å². The molecular weight excluding hydrogens is 248 g/mol. The Balaban J connectivity index is 2.75. The van der Waals surface area contributed by atoms with Gasteiger partial charge in [-0.25, -0.2) is 4.98 Å². The summed E-state index contributed by atoms with van der Waals surface area (Å²) in [4.78, 5) is 5.94. The summed E-state index contributed by atoms with van der Waals surface area (Å²) in [6.45, 7) is 8.61. The van der Waals surface area contributed by atoms with E-state index in [1.54, 1.807) is 25.6 Å². The zero-order chi connectivity index (χ0) is 13.5. The maximum Gasteiger partial charge on any atom is 0.110 e. The molecule has 0 spiro atoms. The number of hydrogen-bond acceptors (Lipinski definition) is 5. The summed E-state index contributed by atoms with van der Waals surface area (Å²) in [5.41, 5.74) is 1.12. The van der Waals surface area contributed by atoms with Crippen LogP contribution in [-0.2, 0) is 9.47 Å². The Hall–Kier alpha value is -0.490. The summed E-state index contributed by atoms with van der Waals surface area (Å²) in [6, 6.07) is 0.234. The van der Waals surface area contributed by atoms with E-state index < -0.39 is 0 Å². The van der Waals surface area contributed by atoms with Gasteiger partial charge < -0.3 is 14.8 Å². The van der Waals surface area contributed by atoms with E-state index in [0.29, 0.717) is 12.5 Å². The SMILES string of the molecule is COCCNC(c1nc(C)c(C)s1)C(C)COC. The van der Waals surface area contributed by atoms with Crippen LogP contribution in [0.15, 0.2) is 0 Å². The zero-order valence-electron chi connectivity index (χ0n) is 11.9. The van der Waals surface area contributed by atoms with Crippen LogP contribution in [0.4, 0.5) is 0 Å². The maximum atomic E-state index is 5.26. The summed E-state index contributed by atoms with van der Waals surface area (Å²) in [5, 5.41) is 4.65. The molecule has 0 amide bonds. The van der Waals surface area contributed by atoms with Crippen molar-refractivity contribution in [2.45, 2.75) is 26.8 Å². The van der Waals surface area contributed by atoms with Crippen LogP contribution in [-0.4, -0.2) is 39.0 Å². The third kappa shape index (κ3) is 4.31. The van der Waals surface area contributed by atoms with Crippen molar-refractivity contribution in [1.82, 2.24) is 10.3 Å². The highest BCUT2D eigenvalue weighted by molar-refractivity contribution is 7.11. The smallest absolute Gasteiger partial charge is 0.110 e. The molecule has 0 fully saturated rings. The van der Waals surface area contributed by atoms with Gasteiger partial charge >= 0.3 is 0 Å². The quantitative estimate of drug-likeness (QED) is 0.738. The van der Waals surface area contributed by atoms with Gasteiger partial charge in [0.2, 0.25) is 0 Å². The summed E-state index contributed by atoms with van der Waals surface area (Å²) < 4.78 is 10.3. The largest absolute Gasteiger partial charge is 0.384 e. The van der Waals surface area contributed by atoms with E-state index in [1.807, 2.05) is 0 Å². The van der Waals surface area contributed by atoms with Gasteiger partial charge in [-0.15, -0.1) is 11.3 Å². The summed E-state index contributed by atoms with van der Waals surface area (Å²) in [6.07, 6.45) is 0. The van der Waals surface area contributed by atoms with Crippen molar-refractivity contribution in [3.8, 4) is 0 Å². The molecule has 1 aromatic rings. The molecule has 0 radical (unpaired) electrons. The first-order valence-electron chi connectivity index (χ1n) is 6.25. The van der Waals surface area contributed by atoms with E-state index in [4.69, 9.17) is 9.47 Å². The fourth-order valence-electron chi connectivity index (χ4n) is 1.84. The summed E-state index contributed by atoms with van der Waals surface area (Å²) >= 11 is 1.76. The highest BCUT2D eigenvalue weighted by Gasteiger charge is 2.22. The Labute approximate surface area is 114 Å². The van der Waals surface area contributed by atoms with Crippen LogP contribution in [0.5, 0.6) is 0 Å². The number of nitrogens with one attached hydrogen (secondary N) is 1. The lowest BCUT2D eigenvalue weighted by Crippen LogP contribution is -2.31. The van der Waals surface area contributed by atoms with Gasteiger partial charge in [0, 0.05) is 31.6 Å². The number of ether oxygens (including phenoxy) is 2. The predicted molar refractivity (Wildman–Crippen MR) is 75.2 cm³/mol. The van der Waals surface area contributed by atoms with Crippen LogP contribution in [0.1, 0.15) is 28.5 Å². The van der Waals surface area contributed by atoms with Crippen molar-refractivity contribution in [3.63, 3.8) is 0 Å². The number of thiazole rings is 1. The second kappa shape index (κ2) is 7.84. The van der Waals surface area contributed by atoms with Crippen LogP contribution in [0.25, 0.3) is 0 Å². The van der Waals surface area contributed by atoms with Gasteiger partial charge in [-0.1, -0.05) is 6.92 Å². The summed E-state index contributed by atoms with van der Waals surface area (Å²) in [7, 11) is 3.45. The van der Waals surface area contributed by atoms with E-state index >= 15 is 0 Å². The van der Waals surface area contributed by atoms with Gasteiger partial charge in [-0.05, 0) is 13.8 Å². The lowest BCUT2D eigenvalue weighted by atomic mass is 10.0. The van der Waals surface area contributed by atoms with E-state index in [0.717, 1.165) is 23.9 Å². The average Bonchev–Trinajstić information content (AvgIpc) is 2.65. The van der Waals surface area contributed by atoms with Crippen LogP contribution < -0.4 is 5.32 Å². The molecule has 18 heavy (non-hydrogen) atoms. The number of hydrogen-bond donors (Lipinski definition) is 1. The second-order valence-electron chi connectivity index (χ2n) is 4.55. The molecule has 104 valence electrons. The van der Waals surface area contributed by atoms with E-state index in [9.17, 15) is 0 Å². The molecule has 1 N–H and O–H groups in total. The highest BCUT2D eigenvalue weighted by Crippen LogP contribution is 2.28. The van der Waals surface area contributed by atoms with E-state index in [1.165, 1.54) is 4.88 Å². The molecule has 1 aromatic heterocycles. The highest BCUT2D eigenvalue weighted by atomic mass is 32.1. The molecule has 1 rings (SSSR count). The normalized spacial score (nSPS) is 14.7. The van der Waals surface area contributed by atoms with Crippen molar-refractivity contribution in [2.75, 3.05) is 34.0 Å². The molecule has 0 aromatic carbocycles. The van der Waals surface area contributed by atoms with Crippen molar-refractivity contribution in [1.29, 1.82) is 0 Å². The Kier molecular flexibility index (Phi) is 6.78. The maximum absolute atomic E-state index is 5.26. The molecule has 2 atom stereocenters. The Morgan fingerprint density at radius 1 is 1.28 bits per heavy atom. The molecule has 0 aliphatic carbocycles. The van der Waals surface area contributed by atoms with Gasteiger partial charge in [-0.3, -0.25) is 0 Å². The number of aryl methyl sites for hydroxylation is 2. The number of rotatable bonds is 8. The molecule has 0 bridgehead atoms. The Morgan fingerprint density at radius 2 is 2.00 bits per heavy atom. The van der Waals surface area contributed by atoms with E-state index in [-0.39, 0.29) is 6.04 Å². The molecule has 2 unspecified atom stereocenters. The fourth-order valence-corrected chi connectivity index (χ4v) is 2.97. The third-order valence-electron chi connectivity index (χ3n) is 2.98. The monoisotopic (exact) mass is 272 g/mol. The molecule has 4 nitrogen and oxygen atoms in total. The molecule has 5 heteroatoms. The number of methoxy groups -OCH3 is 2. The predicted octanol–water partition coefficient (Wildman–Crippen LogP) is 2.32. The average molecular weight is 272 g/mol. The molecule has 0 saturated carbocycles. The number of nitrogens with zero attached hydrogens (tertiary/aromatic N) is 1. The van der Waals surface area contributed by atoms with Crippen LogP contribution in [0.3, 0.4) is 0 Å². The van der Waals surface area contributed by atoms with Gasteiger partial charge in [0.05, 0.1) is 24.9 Å². The van der Waals surface area contributed by atoms with Gasteiger partial charge in [-0.2, -0.15) is 0 Å². The first kappa shape index (κ1) is 15.6. The van der Waals surface area contributed by atoms with Crippen molar-refractivity contribution in [2.24, 2.45) is 5.92 Å². The molecule has 0 aliphatic heterocycles. The minimum absolute atomic E-state index is 0.234. The molecule has 0 aliphatic rings. The first-order valence-corrected chi connectivity index (χ1v) is 7.07. The fraction of sp³-hybridized carbons (Fsp3) is 0.769. The zero-order valence-corrected chi connectivity index (χ0v) is 12.8. The van der Waals surface area contributed by atoms with Crippen molar-refractivity contribution in [3.05, 3.63) is 15.6 Å². The third-order valence-corrected chi connectivity index (χ3v) is 4.14. The van der Waals surface area contributed by atoms with Crippen molar-refractivity contribution >= 4 is 11.3 Å². The van der Waals surface area contributed by atoms with Crippen LogP contribution in [0, 0.1) is 19.8 Å². The lowest BCUT2D eigenvalue weighted by Gasteiger charge is -2.22. The number of aromatic nitrogens is 1. The molecule has 0 saturated heterocycles. The minimum atomic E-state index is 0.234. The van der Waals surface area contributed by atoms with Gasteiger partial charge in [0.15, 0.2) is 0 Å². The van der Waals surface area contributed by atoms with Crippen LogP contribution in [0.2, 0.25) is 0 Å².